The second-order valence-electron chi connectivity index (χ2n) is 8.55. The third-order valence-electron chi connectivity index (χ3n) is 6.12. The predicted octanol–water partition coefficient (Wildman–Crippen LogP) is 5.64. The minimum atomic E-state index is -4.41. The van der Waals surface area contributed by atoms with Crippen LogP contribution in [0.1, 0.15) is 51.9 Å². The molecule has 0 saturated heterocycles. The number of imidazole rings is 1. The van der Waals surface area contributed by atoms with Crippen molar-refractivity contribution < 1.29 is 17.9 Å². The van der Waals surface area contributed by atoms with Crippen LogP contribution in [0.15, 0.2) is 55.0 Å². The van der Waals surface area contributed by atoms with Gasteiger partial charge in [0.2, 0.25) is 0 Å². The molecule has 0 radical (unpaired) electrons. The first kappa shape index (κ1) is 23.0. The maximum atomic E-state index is 13.5. The van der Waals surface area contributed by atoms with Gasteiger partial charge in [0.1, 0.15) is 5.82 Å². The third-order valence-corrected chi connectivity index (χ3v) is 6.12. The normalized spacial score (nSPS) is 15.7. The van der Waals surface area contributed by atoms with Crippen LogP contribution in [0.4, 0.5) is 13.2 Å². The lowest BCUT2D eigenvalue weighted by Gasteiger charge is -2.16. The van der Waals surface area contributed by atoms with E-state index in [0.717, 1.165) is 28.6 Å². The molecule has 3 heterocycles. The van der Waals surface area contributed by atoms with Crippen molar-refractivity contribution in [1.82, 2.24) is 24.3 Å². The van der Waals surface area contributed by atoms with E-state index < -0.39 is 17.7 Å². The standard InChI is InChI=1S/C26H24F3N5O/c1-17-14-33(16-30-17)23-9-7-18(13-19(23)15-35-2)8-10-24-31-25-21(11-12-34(25)32-24)20-5-3-4-6-22(20)26(27,28)29/h3-10,13-14,16,21H,11-12,15H2,1-2H3/b10-8+/t21-/m0/s1. The van der Waals surface area contributed by atoms with Gasteiger partial charge >= 0.3 is 6.18 Å². The maximum absolute atomic E-state index is 13.5. The Morgan fingerprint density at radius 2 is 1.97 bits per heavy atom. The highest BCUT2D eigenvalue weighted by molar-refractivity contribution is 5.68. The first-order valence-corrected chi connectivity index (χ1v) is 11.3. The van der Waals surface area contributed by atoms with Crippen LogP contribution < -0.4 is 0 Å². The minimum Gasteiger partial charge on any atom is -0.380 e. The Morgan fingerprint density at radius 1 is 1.14 bits per heavy atom. The number of benzene rings is 2. The zero-order valence-corrected chi connectivity index (χ0v) is 19.3. The molecule has 2 aromatic carbocycles. The zero-order chi connectivity index (χ0) is 24.6. The fraction of sp³-hybridized carbons (Fsp3) is 0.269. The number of aromatic nitrogens is 5. The van der Waals surface area contributed by atoms with E-state index in [1.54, 1.807) is 30.3 Å². The Morgan fingerprint density at radius 3 is 2.71 bits per heavy atom. The summed E-state index contributed by atoms with van der Waals surface area (Å²) in [5.41, 5.74) is 3.47. The second-order valence-corrected chi connectivity index (χ2v) is 8.55. The van der Waals surface area contributed by atoms with Crippen molar-refractivity contribution in [2.24, 2.45) is 0 Å². The molecule has 1 aliphatic rings. The average Bonchev–Trinajstić information content (AvgIpc) is 3.53. The van der Waals surface area contributed by atoms with Crippen LogP contribution in [0.2, 0.25) is 0 Å². The van der Waals surface area contributed by atoms with E-state index in [1.807, 2.05) is 42.0 Å². The molecule has 0 amide bonds. The van der Waals surface area contributed by atoms with E-state index in [9.17, 15) is 13.2 Å². The molecule has 0 N–H and O–H groups in total. The smallest absolute Gasteiger partial charge is 0.380 e. The summed E-state index contributed by atoms with van der Waals surface area (Å²) in [5.74, 6) is 0.595. The molecule has 0 aliphatic carbocycles. The van der Waals surface area contributed by atoms with Gasteiger partial charge in [0.25, 0.3) is 0 Å². The monoisotopic (exact) mass is 479 g/mol. The highest BCUT2D eigenvalue weighted by Crippen LogP contribution is 2.40. The van der Waals surface area contributed by atoms with Crippen molar-refractivity contribution >= 4 is 12.2 Å². The van der Waals surface area contributed by atoms with Gasteiger partial charge in [-0.05, 0) is 48.7 Å². The van der Waals surface area contributed by atoms with Gasteiger partial charge in [-0.1, -0.05) is 30.3 Å². The van der Waals surface area contributed by atoms with Gasteiger partial charge in [0, 0.05) is 31.3 Å². The van der Waals surface area contributed by atoms with Crippen molar-refractivity contribution in [3.8, 4) is 5.69 Å². The molecule has 0 saturated carbocycles. The van der Waals surface area contributed by atoms with Crippen LogP contribution in [-0.4, -0.2) is 31.4 Å². The van der Waals surface area contributed by atoms with E-state index in [1.165, 1.54) is 12.1 Å². The van der Waals surface area contributed by atoms with E-state index in [0.29, 0.717) is 31.2 Å². The number of ether oxygens (including phenoxy) is 1. The molecule has 180 valence electrons. The molecular weight excluding hydrogens is 455 g/mol. The van der Waals surface area contributed by atoms with Crippen LogP contribution >= 0.6 is 0 Å². The van der Waals surface area contributed by atoms with Gasteiger partial charge in [0.15, 0.2) is 5.82 Å². The summed E-state index contributed by atoms with van der Waals surface area (Å²) < 4.78 is 49.7. The zero-order valence-electron chi connectivity index (χ0n) is 19.3. The number of alkyl halides is 3. The van der Waals surface area contributed by atoms with E-state index >= 15 is 0 Å². The number of hydrogen-bond acceptors (Lipinski definition) is 4. The van der Waals surface area contributed by atoms with Crippen molar-refractivity contribution in [1.29, 1.82) is 0 Å². The molecular formula is C26H24F3N5O. The summed E-state index contributed by atoms with van der Waals surface area (Å²) in [6.45, 7) is 2.90. The highest BCUT2D eigenvalue weighted by Gasteiger charge is 2.38. The summed E-state index contributed by atoms with van der Waals surface area (Å²) in [6.07, 6.45) is 3.53. The number of aryl methyl sites for hydroxylation is 2. The Bertz CT molecular complexity index is 1390. The number of methoxy groups -OCH3 is 1. The molecule has 1 aliphatic heterocycles. The molecule has 9 heteroatoms. The van der Waals surface area contributed by atoms with Crippen molar-refractivity contribution in [3.05, 3.63) is 94.6 Å². The number of fused-ring (bicyclic) bond motifs is 1. The quantitative estimate of drug-likeness (QED) is 0.359. The summed E-state index contributed by atoms with van der Waals surface area (Å²) in [6, 6.07) is 11.7. The van der Waals surface area contributed by atoms with Crippen molar-refractivity contribution in [3.63, 3.8) is 0 Å². The molecule has 4 aromatic rings. The van der Waals surface area contributed by atoms with Crippen LogP contribution in [0.25, 0.3) is 17.8 Å². The Labute approximate surface area is 200 Å². The SMILES string of the molecule is COCc1cc(/C=C/c2nc3n(n2)CC[C@H]3c2ccccc2C(F)(F)F)ccc1-n1cnc(C)c1. The van der Waals surface area contributed by atoms with Crippen molar-refractivity contribution in [2.45, 2.75) is 38.6 Å². The number of nitrogens with zero attached hydrogens (tertiary/aromatic N) is 5. The maximum Gasteiger partial charge on any atom is 0.416 e. The Hall–Kier alpha value is -3.72. The van der Waals surface area contributed by atoms with Crippen LogP contribution in [0, 0.1) is 6.92 Å². The average molecular weight is 480 g/mol. The predicted molar refractivity (Wildman–Crippen MR) is 126 cm³/mol. The second kappa shape index (κ2) is 9.14. The highest BCUT2D eigenvalue weighted by atomic mass is 19.4. The summed E-state index contributed by atoms with van der Waals surface area (Å²) in [7, 11) is 1.65. The summed E-state index contributed by atoms with van der Waals surface area (Å²) in [4.78, 5) is 8.86. The van der Waals surface area contributed by atoms with Gasteiger partial charge in [-0.2, -0.15) is 18.3 Å². The number of rotatable bonds is 6. The summed E-state index contributed by atoms with van der Waals surface area (Å²) in [5, 5.41) is 4.50. The van der Waals surface area contributed by atoms with Gasteiger partial charge in [-0.15, -0.1) is 0 Å². The number of halogens is 3. The Balaban J connectivity index is 1.41. The fourth-order valence-electron chi connectivity index (χ4n) is 4.56. The molecule has 2 aromatic heterocycles. The molecule has 0 fully saturated rings. The fourth-order valence-corrected chi connectivity index (χ4v) is 4.56. The van der Waals surface area contributed by atoms with Gasteiger partial charge < -0.3 is 9.30 Å². The molecule has 6 nitrogen and oxygen atoms in total. The minimum absolute atomic E-state index is 0.246. The first-order valence-electron chi connectivity index (χ1n) is 11.3. The van der Waals surface area contributed by atoms with Gasteiger partial charge in [-0.3, -0.25) is 0 Å². The largest absolute Gasteiger partial charge is 0.416 e. The van der Waals surface area contributed by atoms with Gasteiger partial charge in [-0.25, -0.2) is 14.6 Å². The molecule has 1 atom stereocenters. The summed E-state index contributed by atoms with van der Waals surface area (Å²) >= 11 is 0. The lowest BCUT2D eigenvalue weighted by atomic mass is 9.92. The van der Waals surface area contributed by atoms with Crippen LogP contribution in [-0.2, 0) is 24.1 Å². The Kier molecular flexibility index (Phi) is 6.02. The molecule has 0 unspecified atom stereocenters. The molecule has 0 bridgehead atoms. The van der Waals surface area contributed by atoms with E-state index in [-0.39, 0.29) is 5.56 Å². The number of hydrogen-bond donors (Lipinski definition) is 0. The topological polar surface area (TPSA) is 57.8 Å². The van der Waals surface area contributed by atoms with E-state index in [4.69, 9.17) is 4.74 Å². The van der Waals surface area contributed by atoms with Crippen molar-refractivity contribution in [2.75, 3.05) is 7.11 Å². The molecule has 35 heavy (non-hydrogen) atoms. The molecule has 5 rings (SSSR count). The van der Waals surface area contributed by atoms with Gasteiger partial charge in [0.05, 0.1) is 29.9 Å². The first-order chi connectivity index (χ1) is 16.8. The lowest BCUT2D eigenvalue weighted by Crippen LogP contribution is -2.12. The van der Waals surface area contributed by atoms with Crippen LogP contribution in [0.3, 0.4) is 0 Å². The van der Waals surface area contributed by atoms with Crippen LogP contribution in [0.5, 0.6) is 0 Å². The van der Waals surface area contributed by atoms with E-state index in [2.05, 4.69) is 15.1 Å². The molecule has 0 spiro atoms. The lowest BCUT2D eigenvalue weighted by molar-refractivity contribution is -0.138. The third kappa shape index (κ3) is 4.64.